The number of hydrogen-bond donors (Lipinski definition) is 0. The minimum absolute atomic E-state index is 0.195. The second kappa shape index (κ2) is 36.1. The van der Waals surface area contributed by atoms with Crippen LogP contribution < -0.4 is 60.7 Å². The number of halogens is 10. The molecule has 16 heterocycles. The van der Waals surface area contributed by atoms with E-state index in [1.807, 2.05) is 51.6 Å². The van der Waals surface area contributed by atoms with Gasteiger partial charge in [-0.25, -0.2) is 45.5 Å². The zero-order valence-electron chi connectivity index (χ0n) is 74.0. The first-order valence-electron chi connectivity index (χ1n) is 40.4. The monoisotopic (exact) mass is 1870 g/mol. The number of ether oxygens (including phenoxy) is 8. The average molecular weight is 1870 g/mol. The van der Waals surface area contributed by atoms with E-state index in [1.54, 1.807) is 123 Å². The lowest BCUT2D eigenvalue weighted by Crippen LogP contribution is -2.22. The van der Waals surface area contributed by atoms with Gasteiger partial charge in [-0.15, -0.1) is 0 Å². The van der Waals surface area contributed by atoms with Crippen LogP contribution >= 0.6 is 0 Å². The Balaban J connectivity index is 0.000000126. The maximum atomic E-state index is 15.0. The molecule has 4 aromatic carbocycles. The van der Waals surface area contributed by atoms with E-state index in [1.165, 1.54) is 77.6 Å². The number of hydrogen-bond acceptors (Lipinski definition) is 24. The summed E-state index contributed by atoms with van der Waals surface area (Å²) < 4.78 is 196. The topological polar surface area (TPSA) is 356 Å². The van der Waals surface area contributed by atoms with E-state index in [0.29, 0.717) is 116 Å². The van der Waals surface area contributed by atoms with Crippen LogP contribution in [0.5, 0.6) is 46.0 Å². The molecule has 0 saturated carbocycles. The van der Waals surface area contributed by atoms with Crippen LogP contribution in [-0.4, -0.2) is 171 Å². The van der Waals surface area contributed by atoms with Crippen LogP contribution in [0.2, 0.25) is 0 Å². The molecule has 696 valence electrons. The summed E-state index contributed by atoms with van der Waals surface area (Å²) in [6, 6.07) is 14.0. The summed E-state index contributed by atoms with van der Waals surface area (Å²) in [6.07, 6.45) is 24.3. The fourth-order valence-corrected chi connectivity index (χ4v) is 16.5. The van der Waals surface area contributed by atoms with E-state index < -0.39 is 95.8 Å². The molecule has 0 aliphatic carbocycles. The quantitative estimate of drug-likeness (QED) is 0.0640. The Morgan fingerprint density at radius 2 is 0.581 bits per heavy atom. The van der Waals surface area contributed by atoms with Crippen molar-refractivity contribution in [2.24, 2.45) is 56.4 Å². The van der Waals surface area contributed by atoms with E-state index in [2.05, 4.69) is 69.7 Å². The summed E-state index contributed by atoms with van der Waals surface area (Å²) in [6.45, 7) is -5.18. The zero-order chi connectivity index (χ0) is 96.6. The van der Waals surface area contributed by atoms with Crippen LogP contribution in [-0.2, 0) is 56.4 Å². The predicted octanol–water partition coefficient (Wildman–Crippen LogP) is 13.7. The number of pyridine rings is 8. The normalized spacial score (nSPS) is 11.5. The molecule has 20 rings (SSSR count). The van der Waals surface area contributed by atoms with Crippen molar-refractivity contribution in [1.29, 1.82) is 0 Å². The average Bonchev–Trinajstić information content (AvgIpc) is 1.57. The second-order valence-corrected chi connectivity index (χ2v) is 30.5. The maximum Gasteiger partial charge on any atom is 0.387 e. The Morgan fingerprint density at radius 3 is 0.824 bits per heavy atom. The molecule has 0 N–H and O–H groups in total. The molecule has 0 atom stereocenters. The molecule has 0 unspecified atom stereocenters. The summed E-state index contributed by atoms with van der Waals surface area (Å²) in [5, 5.41) is 19.3. The SMILES string of the molecule is COc1cc2ncc3c(c2cc1-c1cn(C)nc1C)n(-c1c(F)cncc1OC(F)F)c(=O)n3C.COc1cc2ncc3c(c2cc1-c1cn(C)nc1C)n(-c1c(F)cncc1OCF)c(=O)n3C.COc1cc2ncc3c(c2cc1-c1cnn(C)c1)n(-c1c(F)cncc1OC(F)F)c(=O)n3C.COc1cc2ncc3c(c2cc1-c1cnn(C)c1)n(-c1c(F)cncc1OCF)c(=O)n3C. The zero-order valence-corrected chi connectivity index (χ0v) is 74.0. The first-order valence-corrected chi connectivity index (χ1v) is 40.4. The van der Waals surface area contributed by atoms with Gasteiger partial charge in [0.25, 0.3) is 0 Å². The molecule has 0 fully saturated rings. The molecule has 20 aromatic rings. The molecule has 0 aliphatic rings. The van der Waals surface area contributed by atoms with Gasteiger partial charge in [0.05, 0.1) is 193 Å². The number of rotatable bonds is 20. The predicted molar refractivity (Wildman–Crippen MR) is 477 cm³/mol. The number of aryl methyl sites for hydroxylation is 10. The molecule has 136 heavy (non-hydrogen) atoms. The number of methoxy groups -OCH3 is 4. The van der Waals surface area contributed by atoms with Gasteiger partial charge in [0, 0.05) is 171 Å². The van der Waals surface area contributed by atoms with Crippen molar-refractivity contribution in [3.8, 4) is 113 Å². The Kier molecular flexibility index (Phi) is 24.1. The highest BCUT2D eigenvalue weighted by atomic mass is 19.3. The van der Waals surface area contributed by atoms with Crippen LogP contribution in [0.1, 0.15) is 11.4 Å². The number of alkyl halides is 6. The van der Waals surface area contributed by atoms with Crippen molar-refractivity contribution >= 4 is 87.7 Å². The molecule has 0 amide bonds. The first kappa shape index (κ1) is 90.7. The first-order chi connectivity index (χ1) is 65.3. The largest absolute Gasteiger partial charge is 0.496 e. The van der Waals surface area contributed by atoms with Crippen LogP contribution in [0.3, 0.4) is 0 Å². The lowest BCUT2D eigenvalue weighted by atomic mass is 10.0. The smallest absolute Gasteiger partial charge is 0.387 e. The maximum absolute atomic E-state index is 15.0. The van der Waals surface area contributed by atoms with Crippen molar-refractivity contribution in [2.45, 2.75) is 27.1 Å². The lowest BCUT2D eigenvalue weighted by Gasteiger charge is -2.14. The molecule has 0 spiro atoms. The van der Waals surface area contributed by atoms with Gasteiger partial charge in [0.15, 0.2) is 46.3 Å². The van der Waals surface area contributed by atoms with E-state index in [4.69, 9.17) is 28.4 Å². The van der Waals surface area contributed by atoms with Crippen molar-refractivity contribution in [3.63, 3.8) is 0 Å². The molecule has 36 nitrogen and oxygen atoms in total. The van der Waals surface area contributed by atoms with Crippen molar-refractivity contribution in [1.82, 2.24) is 116 Å². The highest BCUT2D eigenvalue weighted by molar-refractivity contribution is 6.10. The summed E-state index contributed by atoms with van der Waals surface area (Å²) in [4.78, 5) is 85.6. The van der Waals surface area contributed by atoms with Gasteiger partial charge in [-0.1, -0.05) is 0 Å². The summed E-state index contributed by atoms with van der Waals surface area (Å²) >= 11 is 0. The van der Waals surface area contributed by atoms with Crippen LogP contribution in [0.4, 0.5) is 43.9 Å². The molecule has 46 heteroatoms. The van der Waals surface area contributed by atoms with Gasteiger partial charge >= 0.3 is 36.0 Å². The van der Waals surface area contributed by atoms with Gasteiger partial charge in [0.1, 0.15) is 45.7 Å². The Hall–Kier alpha value is -17.3. The Morgan fingerprint density at radius 1 is 0.316 bits per heavy atom. The van der Waals surface area contributed by atoms with Crippen molar-refractivity contribution < 1.29 is 81.8 Å². The molecule has 0 radical (unpaired) electrons. The molecular weight excluding hydrogens is 1800 g/mol. The molecule has 0 bridgehead atoms. The number of fused-ring (bicyclic) bond motifs is 12. The highest BCUT2D eigenvalue weighted by Gasteiger charge is 2.32. The minimum Gasteiger partial charge on any atom is -0.496 e. The summed E-state index contributed by atoms with van der Waals surface area (Å²) in [5.74, 6) is -3.05. The third-order valence-electron chi connectivity index (χ3n) is 22.6. The van der Waals surface area contributed by atoms with E-state index in [9.17, 15) is 54.3 Å². The Labute approximate surface area is 757 Å². The lowest BCUT2D eigenvalue weighted by molar-refractivity contribution is -0.0509. The molecule has 0 saturated heterocycles. The number of aromatic nitrogens is 24. The number of imidazole rings is 4. The van der Waals surface area contributed by atoms with Crippen molar-refractivity contribution in [2.75, 3.05) is 42.2 Å². The fraction of sp³-hybridized carbons (Fsp3) is 0.200. The van der Waals surface area contributed by atoms with Gasteiger partial charge in [-0.05, 0) is 38.1 Å². The van der Waals surface area contributed by atoms with Crippen LogP contribution in [0.15, 0.2) is 179 Å². The fourth-order valence-electron chi connectivity index (χ4n) is 16.5. The molecule has 0 aliphatic heterocycles. The number of benzene rings is 4. The van der Waals surface area contributed by atoms with E-state index >= 15 is 8.78 Å². The van der Waals surface area contributed by atoms with E-state index in [-0.39, 0.29) is 33.9 Å². The minimum atomic E-state index is -3.24. The van der Waals surface area contributed by atoms with Gasteiger partial charge in [0.2, 0.25) is 13.7 Å². The number of nitrogens with zero attached hydrogens (tertiary/aromatic N) is 24. The third kappa shape index (κ3) is 15.8. The van der Waals surface area contributed by atoms with Crippen LogP contribution in [0, 0.1) is 37.1 Å². The highest BCUT2D eigenvalue weighted by Crippen LogP contribution is 2.45. The second-order valence-electron chi connectivity index (χ2n) is 30.5. The van der Waals surface area contributed by atoms with Gasteiger partial charge in [-0.3, -0.25) is 95.1 Å². The Bertz CT molecular complexity index is 8460. The summed E-state index contributed by atoms with van der Waals surface area (Å²) in [5.41, 5.74) is 8.43. The standard InChI is InChI=1S/C23H19F3N6O3.C23H20F2N6O3.C22H17F3N6O3.C22H18F2N6O3/c1-11-14(10-30(2)29-11)12-5-13-16(6-18(12)34-4)28-8-17-20(13)32(23(33)31(17)3)21-15(24)7-27-9-19(21)35-22(25)26;1-12-15(10-29(2)28-12)13-5-14-17(6-19(13)33-4)27-8-18-21(14)31(23(32)30(18)3)22-16(25)7-26-9-20(22)34-11-24;1-29-10-11(6-28-29)12-4-13-15(5-17(12)33-3)27-8-16-19(13)31(22(32)30(16)2)20-14(23)7-26-9-18(20)34-21(24)25;1-28-10-12(6-27-28)13-4-14-16(5-18(13)32-3)26-8-17-20(14)30(22(31)29(17)2)21-15(24)7-25-9-19(21)33-11-23/h5-10,22H,1-4H3;5-10H,11H2,1-4H3;4-10,21H,1-3H3;4-10H,11H2,1-3H3. The third-order valence-corrected chi connectivity index (χ3v) is 22.6. The van der Waals surface area contributed by atoms with Crippen LogP contribution in [0.25, 0.3) is 155 Å². The summed E-state index contributed by atoms with van der Waals surface area (Å²) in [7, 11) is 19.4. The van der Waals surface area contributed by atoms with Gasteiger partial charge < -0.3 is 37.9 Å². The van der Waals surface area contributed by atoms with Crippen molar-refractivity contribution in [3.05, 3.63) is 237 Å². The van der Waals surface area contributed by atoms with Gasteiger partial charge in [-0.2, -0.15) is 38.0 Å². The van der Waals surface area contributed by atoms with E-state index in [0.717, 1.165) is 101 Å². The molecular formula is C90H74F10N24O12. The molecule has 16 aromatic heterocycles.